The van der Waals surface area contributed by atoms with E-state index in [1.807, 2.05) is 0 Å². The van der Waals surface area contributed by atoms with E-state index >= 15 is 0 Å². The van der Waals surface area contributed by atoms with E-state index in [0.717, 1.165) is 0 Å². The Labute approximate surface area is 104 Å². The third-order valence-electron chi connectivity index (χ3n) is 2.19. The predicted octanol–water partition coefficient (Wildman–Crippen LogP) is 0.881. The quantitative estimate of drug-likeness (QED) is 0.808. The van der Waals surface area contributed by atoms with Crippen LogP contribution < -0.4 is 5.32 Å². The second-order valence-corrected chi connectivity index (χ2v) is 3.38. The Hall–Kier alpha value is -2.44. The van der Waals surface area contributed by atoms with Crippen LogP contribution >= 0.6 is 0 Å². The number of esters is 1. The van der Waals surface area contributed by atoms with Gasteiger partial charge >= 0.3 is 5.97 Å². The Morgan fingerprint density at radius 2 is 2.39 bits per heavy atom. The third kappa shape index (κ3) is 2.45. The Morgan fingerprint density at radius 3 is 3.11 bits per heavy atom. The van der Waals surface area contributed by atoms with Crippen molar-refractivity contribution in [2.24, 2.45) is 0 Å². The van der Waals surface area contributed by atoms with Gasteiger partial charge in [0.05, 0.1) is 18.4 Å². The Kier molecular flexibility index (Phi) is 3.52. The lowest BCUT2D eigenvalue weighted by atomic mass is 10.4. The molecule has 0 fully saturated rings. The van der Waals surface area contributed by atoms with Crippen LogP contribution in [0.5, 0.6) is 0 Å². The molecule has 0 aromatic carbocycles. The monoisotopic (exact) mass is 247 g/mol. The molecule has 0 unspecified atom stereocenters. The number of rotatable bonds is 4. The van der Waals surface area contributed by atoms with Crippen molar-refractivity contribution in [2.75, 3.05) is 19.0 Å². The molecule has 2 aromatic rings. The van der Waals surface area contributed by atoms with Crippen molar-refractivity contribution in [3.05, 3.63) is 30.2 Å². The first-order valence-corrected chi connectivity index (χ1v) is 5.47. The largest absolute Gasteiger partial charge is 0.462 e. The van der Waals surface area contributed by atoms with E-state index in [0.29, 0.717) is 23.9 Å². The summed E-state index contributed by atoms with van der Waals surface area (Å²) in [5.74, 6) is 0.664. The van der Waals surface area contributed by atoms with Crippen molar-refractivity contribution < 1.29 is 9.53 Å². The van der Waals surface area contributed by atoms with Gasteiger partial charge in [0.1, 0.15) is 0 Å². The van der Waals surface area contributed by atoms with Crippen LogP contribution in [0.4, 0.5) is 5.95 Å². The number of hydrogen-bond acceptors (Lipinski definition) is 6. The predicted molar refractivity (Wildman–Crippen MR) is 64.7 cm³/mol. The fourth-order valence-electron chi connectivity index (χ4n) is 1.37. The van der Waals surface area contributed by atoms with Crippen molar-refractivity contribution >= 4 is 11.9 Å². The molecule has 2 rings (SSSR count). The highest BCUT2D eigenvalue weighted by atomic mass is 16.5. The summed E-state index contributed by atoms with van der Waals surface area (Å²) in [6.07, 6.45) is 4.62. The summed E-state index contributed by atoms with van der Waals surface area (Å²) in [6.45, 7) is 2.09. The molecule has 0 saturated heterocycles. The van der Waals surface area contributed by atoms with Gasteiger partial charge in [0.25, 0.3) is 0 Å². The highest BCUT2D eigenvalue weighted by molar-refractivity contribution is 5.88. The zero-order chi connectivity index (χ0) is 13.0. The molecule has 0 aliphatic carbocycles. The van der Waals surface area contributed by atoms with E-state index in [9.17, 15) is 4.79 Å². The van der Waals surface area contributed by atoms with Gasteiger partial charge in [-0.3, -0.25) is 0 Å². The highest BCUT2D eigenvalue weighted by Gasteiger charge is 2.10. The summed E-state index contributed by atoms with van der Waals surface area (Å²) in [7, 11) is 1.73. The maximum Gasteiger partial charge on any atom is 0.341 e. The summed E-state index contributed by atoms with van der Waals surface area (Å²) in [4.78, 5) is 19.7. The van der Waals surface area contributed by atoms with Gasteiger partial charge in [0.2, 0.25) is 5.95 Å². The number of hydrogen-bond donors (Lipinski definition) is 1. The van der Waals surface area contributed by atoms with Crippen LogP contribution in [-0.4, -0.2) is 39.4 Å². The number of anilines is 1. The number of ether oxygens (including phenoxy) is 1. The molecule has 7 heteroatoms. The van der Waals surface area contributed by atoms with E-state index in [2.05, 4.69) is 20.4 Å². The zero-order valence-electron chi connectivity index (χ0n) is 10.1. The first kappa shape index (κ1) is 12.0. The van der Waals surface area contributed by atoms with Crippen LogP contribution in [0.25, 0.3) is 5.82 Å². The van der Waals surface area contributed by atoms with Gasteiger partial charge in [-0.15, -0.1) is 0 Å². The average Bonchev–Trinajstić information content (AvgIpc) is 2.89. The lowest BCUT2D eigenvalue weighted by Crippen LogP contribution is -2.04. The lowest BCUT2D eigenvalue weighted by molar-refractivity contribution is 0.0526. The van der Waals surface area contributed by atoms with E-state index in [-0.39, 0.29) is 0 Å². The molecule has 0 amide bonds. The Morgan fingerprint density at radius 1 is 1.56 bits per heavy atom. The minimum Gasteiger partial charge on any atom is -0.462 e. The van der Waals surface area contributed by atoms with Gasteiger partial charge in [-0.25, -0.2) is 14.5 Å². The van der Waals surface area contributed by atoms with Gasteiger partial charge < -0.3 is 10.1 Å². The maximum atomic E-state index is 11.5. The van der Waals surface area contributed by atoms with Crippen LogP contribution in [0, 0.1) is 0 Å². The van der Waals surface area contributed by atoms with Gasteiger partial charge in [-0.2, -0.15) is 10.1 Å². The van der Waals surface area contributed by atoms with Crippen molar-refractivity contribution in [3.63, 3.8) is 0 Å². The molecule has 0 atom stereocenters. The van der Waals surface area contributed by atoms with Gasteiger partial charge in [0.15, 0.2) is 5.82 Å². The van der Waals surface area contributed by atoms with E-state index in [4.69, 9.17) is 4.74 Å². The molecule has 2 aromatic heterocycles. The molecule has 0 saturated carbocycles. The first-order chi connectivity index (χ1) is 8.74. The summed E-state index contributed by atoms with van der Waals surface area (Å²) < 4.78 is 6.38. The summed E-state index contributed by atoms with van der Waals surface area (Å²) in [5, 5.41) is 6.89. The standard InChI is InChI=1S/C11H13N5O2/c1-3-18-10(17)8-6-14-16(7-8)9-4-5-13-11(12-2)15-9/h4-7H,3H2,1-2H3,(H,12,13,15). The molecule has 7 nitrogen and oxygen atoms in total. The zero-order valence-corrected chi connectivity index (χ0v) is 10.1. The normalized spacial score (nSPS) is 10.1. The third-order valence-corrected chi connectivity index (χ3v) is 2.19. The van der Waals surface area contributed by atoms with Crippen LogP contribution in [-0.2, 0) is 4.74 Å². The Bertz CT molecular complexity index is 552. The molecular formula is C11H13N5O2. The minimum atomic E-state index is -0.397. The van der Waals surface area contributed by atoms with Crippen LogP contribution in [0.3, 0.4) is 0 Å². The van der Waals surface area contributed by atoms with E-state index in [1.54, 1.807) is 32.4 Å². The van der Waals surface area contributed by atoms with Gasteiger partial charge in [-0.05, 0) is 6.92 Å². The molecule has 2 heterocycles. The first-order valence-electron chi connectivity index (χ1n) is 5.47. The van der Waals surface area contributed by atoms with E-state index in [1.165, 1.54) is 10.9 Å². The van der Waals surface area contributed by atoms with Crippen molar-refractivity contribution in [2.45, 2.75) is 6.92 Å². The average molecular weight is 247 g/mol. The fourth-order valence-corrected chi connectivity index (χ4v) is 1.37. The summed E-state index contributed by atoms with van der Waals surface area (Å²) >= 11 is 0. The van der Waals surface area contributed by atoms with Gasteiger partial charge in [-0.1, -0.05) is 0 Å². The fraction of sp³-hybridized carbons (Fsp3) is 0.273. The van der Waals surface area contributed by atoms with E-state index < -0.39 is 5.97 Å². The second-order valence-electron chi connectivity index (χ2n) is 3.38. The molecule has 0 radical (unpaired) electrons. The number of aromatic nitrogens is 4. The Balaban J connectivity index is 2.26. The number of nitrogens with zero attached hydrogens (tertiary/aromatic N) is 4. The summed E-state index contributed by atoms with van der Waals surface area (Å²) in [6, 6.07) is 1.70. The molecule has 0 aliphatic heterocycles. The number of carbonyl (C=O) groups excluding carboxylic acids is 1. The molecular weight excluding hydrogens is 234 g/mol. The number of nitrogens with one attached hydrogen (secondary N) is 1. The molecule has 0 spiro atoms. The minimum absolute atomic E-state index is 0.335. The summed E-state index contributed by atoms with van der Waals surface area (Å²) in [5.41, 5.74) is 0.390. The SMILES string of the molecule is CCOC(=O)c1cnn(-c2ccnc(NC)n2)c1. The molecule has 18 heavy (non-hydrogen) atoms. The molecule has 0 bridgehead atoms. The molecule has 1 N–H and O–H groups in total. The number of carbonyl (C=O) groups is 1. The highest BCUT2D eigenvalue weighted by Crippen LogP contribution is 2.08. The topological polar surface area (TPSA) is 81.9 Å². The van der Waals surface area contributed by atoms with Crippen LogP contribution in [0.2, 0.25) is 0 Å². The van der Waals surface area contributed by atoms with Gasteiger partial charge in [0, 0.05) is 25.5 Å². The smallest absolute Gasteiger partial charge is 0.341 e. The van der Waals surface area contributed by atoms with Crippen LogP contribution in [0.1, 0.15) is 17.3 Å². The van der Waals surface area contributed by atoms with Crippen molar-refractivity contribution in [3.8, 4) is 5.82 Å². The van der Waals surface area contributed by atoms with Crippen molar-refractivity contribution in [1.82, 2.24) is 19.7 Å². The molecule has 94 valence electrons. The van der Waals surface area contributed by atoms with Crippen LogP contribution in [0.15, 0.2) is 24.7 Å². The van der Waals surface area contributed by atoms with Crippen molar-refractivity contribution in [1.29, 1.82) is 0 Å². The lowest BCUT2D eigenvalue weighted by Gasteiger charge is -2.02. The maximum absolute atomic E-state index is 11.5. The second kappa shape index (κ2) is 5.26. The molecule has 0 aliphatic rings.